The SMILES string of the molecule is CCCc1c(C(=O)N2CCCC(CNC)C2)[nH]c(C)c1C(C)=O.Cl. The van der Waals surface area contributed by atoms with Crippen LogP contribution in [0.2, 0.25) is 0 Å². The van der Waals surface area contributed by atoms with E-state index in [1.165, 1.54) is 0 Å². The molecule has 0 saturated carbocycles. The van der Waals surface area contributed by atoms with Crippen LogP contribution in [-0.4, -0.2) is 48.3 Å². The second-order valence-corrected chi connectivity index (χ2v) is 6.60. The highest BCUT2D eigenvalue weighted by Gasteiger charge is 2.28. The van der Waals surface area contributed by atoms with E-state index < -0.39 is 0 Å². The van der Waals surface area contributed by atoms with Crippen molar-refractivity contribution in [3.05, 3.63) is 22.5 Å². The molecule has 1 aliphatic rings. The molecule has 2 rings (SSSR count). The Labute approximate surface area is 151 Å². The summed E-state index contributed by atoms with van der Waals surface area (Å²) >= 11 is 0. The summed E-state index contributed by atoms with van der Waals surface area (Å²) < 4.78 is 0. The molecule has 1 fully saturated rings. The number of rotatable bonds is 6. The molecule has 0 bridgehead atoms. The number of aromatic nitrogens is 1. The van der Waals surface area contributed by atoms with Crippen molar-refractivity contribution in [2.24, 2.45) is 5.92 Å². The zero-order chi connectivity index (χ0) is 17.0. The molecular formula is C18H30ClN3O2. The summed E-state index contributed by atoms with van der Waals surface area (Å²) in [6.45, 7) is 8.06. The van der Waals surface area contributed by atoms with Gasteiger partial charge in [0.1, 0.15) is 5.69 Å². The Bertz CT molecular complexity index is 581. The molecule has 1 saturated heterocycles. The molecule has 2 heterocycles. The molecule has 5 nitrogen and oxygen atoms in total. The Morgan fingerprint density at radius 2 is 2.08 bits per heavy atom. The lowest BCUT2D eigenvalue weighted by Crippen LogP contribution is -2.42. The van der Waals surface area contributed by atoms with Crippen molar-refractivity contribution in [1.82, 2.24) is 15.2 Å². The number of likely N-dealkylation sites (tertiary alicyclic amines) is 1. The zero-order valence-corrected chi connectivity index (χ0v) is 16.0. The lowest BCUT2D eigenvalue weighted by molar-refractivity contribution is 0.0667. The fourth-order valence-corrected chi connectivity index (χ4v) is 3.70. The molecular weight excluding hydrogens is 326 g/mol. The summed E-state index contributed by atoms with van der Waals surface area (Å²) in [6.07, 6.45) is 3.88. The molecule has 0 aliphatic carbocycles. The number of hydrogen-bond donors (Lipinski definition) is 2. The topological polar surface area (TPSA) is 65.2 Å². The Balaban J connectivity index is 0.00000288. The Hall–Kier alpha value is -1.33. The molecule has 6 heteroatoms. The van der Waals surface area contributed by atoms with Gasteiger partial charge in [0.25, 0.3) is 5.91 Å². The largest absolute Gasteiger partial charge is 0.354 e. The molecule has 24 heavy (non-hydrogen) atoms. The van der Waals surface area contributed by atoms with Crippen LogP contribution in [0, 0.1) is 12.8 Å². The first-order valence-electron chi connectivity index (χ1n) is 8.65. The van der Waals surface area contributed by atoms with Gasteiger partial charge >= 0.3 is 0 Å². The molecule has 0 aromatic carbocycles. The van der Waals surface area contributed by atoms with Crippen molar-refractivity contribution in [1.29, 1.82) is 0 Å². The van der Waals surface area contributed by atoms with Crippen molar-refractivity contribution in [2.45, 2.75) is 46.5 Å². The van der Waals surface area contributed by atoms with E-state index in [4.69, 9.17) is 0 Å². The van der Waals surface area contributed by atoms with Crippen LogP contribution in [0.4, 0.5) is 0 Å². The Morgan fingerprint density at radius 3 is 2.67 bits per heavy atom. The number of ketones is 1. The second kappa shape index (κ2) is 9.23. The lowest BCUT2D eigenvalue weighted by Gasteiger charge is -2.32. The minimum atomic E-state index is 0. The van der Waals surface area contributed by atoms with Crippen LogP contribution < -0.4 is 5.32 Å². The lowest BCUT2D eigenvalue weighted by atomic mass is 9.96. The number of hydrogen-bond acceptors (Lipinski definition) is 3. The molecule has 0 radical (unpaired) electrons. The average molecular weight is 356 g/mol. The number of piperidine rings is 1. The molecule has 1 atom stereocenters. The van der Waals surface area contributed by atoms with E-state index in [-0.39, 0.29) is 24.1 Å². The van der Waals surface area contributed by atoms with Gasteiger partial charge < -0.3 is 15.2 Å². The third-order valence-corrected chi connectivity index (χ3v) is 4.66. The molecule has 1 aliphatic heterocycles. The molecule has 1 aromatic heterocycles. The number of carbonyl (C=O) groups is 2. The van der Waals surface area contributed by atoms with Crippen molar-refractivity contribution < 1.29 is 9.59 Å². The van der Waals surface area contributed by atoms with Crippen LogP contribution in [0.3, 0.4) is 0 Å². The van der Waals surface area contributed by atoms with Crippen molar-refractivity contribution in [3.8, 4) is 0 Å². The maximum absolute atomic E-state index is 13.0. The van der Waals surface area contributed by atoms with E-state index in [9.17, 15) is 9.59 Å². The maximum atomic E-state index is 13.0. The fourth-order valence-electron chi connectivity index (χ4n) is 3.70. The number of carbonyl (C=O) groups excluding carboxylic acids is 2. The van der Waals surface area contributed by atoms with Gasteiger partial charge in [-0.2, -0.15) is 0 Å². The number of aryl methyl sites for hydroxylation is 1. The highest BCUT2D eigenvalue weighted by Crippen LogP contribution is 2.25. The molecule has 0 spiro atoms. The smallest absolute Gasteiger partial charge is 0.270 e. The molecule has 1 aromatic rings. The van der Waals surface area contributed by atoms with Gasteiger partial charge in [-0.1, -0.05) is 13.3 Å². The normalized spacial score (nSPS) is 17.5. The van der Waals surface area contributed by atoms with Crippen molar-refractivity contribution in [2.75, 3.05) is 26.7 Å². The zero-order valence-electron chi connectivity index (χ0n) is 15.2. The van der Waals surface area contributed by atoms with Gasteiger partial charge in [0, 0.05) is 24.3 Å². The molecule has 1 amide bonds. The summed E-state index contributed by atoms with van der Waals surface area (Å²) in [6, 6.07) is 0. The van der Waals surface area contributed by atoms with Crippen LogP contribution in [0.15, 0.2) is 0 Å². The van der Waals surface area contributed by atoms with Crippen molar-refractivity contribution >= 4 is 24.1 Å². The first-order chi connectivity index (χ1) is 11.0. The van der Waals surface area contributed by atoms with E-state index in [1.807, 2.05) is 18.9 Å². The van der Waals surface area contributed by atoms with Gasteiger partial charge in [-0.05, 0) is 58.2 Å². The average Bonchev–Trinajstić information content (AvgIpc) is 2.84. The third kappa shape index (κ3) is 4.39. The quantitative estimate of drug-likeness (QED) is 0.771. The van der Waals surface area contributed by atoms with E-state index in [0.717, 1.165) is 56.6 Å². The van der Waals surface area contributed by atoms with Crippen LogP contribution in [0.25, 0.3) is 0 Å². The van der Waals surface area contributed by atoms with Gasteiger partial charge in [-0.3, -0.25) is 9.59 Å². The maximum Gasteiger partial charge on any atom is 0.270 e. The fraction of sp³-hybridized carbons (Fsp3) is 0.667. The summed E-state index contributed by atoms with van der Waals surface area (Å²) in [4.78, 5) is 30.1. The third-order valence-electron chi connectivity index (χ3n) is 4.66. The van der Waals surface area contributed by atoms with Crippen LogP contribution in [0.5, 0.6) is 0 Å². The van der Waals surface area contributed by atoms with Gasteiger partial charge in [0.15, 0.2) is 5.78 Å². The number of aromatic amines is 1. The predicted octanol–water partition coefficient (Wildman–Crippen LogP) is 2.97. The van der Waals surface area contributed by atoms with Crippen molar-refractivity contribution in [3.63, 3.8) is 0 Å². The standard InChI is InChI=1S/C18H29N3O2.ClH/c1-5-7-15-16(13(3)22)12(2)20-17(15)18(23)21-9-6-8-14(11-21)10-19-4;/h14,19-20H,5-11H2,1-4H3;1H. The summed E-state index contributed by atoms with van der Waals surface area (Å²) in [5, 5.41) is 3.21. The van der Waals surface area contributed by atoms with E-state index in [1.54, 1.807) is 6.92 Å². The van der Waals surface area contributed by atoms with Crippen LogP contribution in [0.1, 0.15) is 65.2 Å². The highest BCUT2D eigenvalue weighted by molar-refractivity contribution is 6.02. The van der Waals surface area contributed by atoms with Gasteiger partial charge in [-0.25, -0.2) is 0 Å². The monoisotopic (exact) mass is 355 g/mol. The Kier molecular flexibility index (Phi) is 7.97. The van der Waals surface area contributed by atoms with E-state index in [0.29, 0.717) is 17.2 Å². The van der Waals surface area contributed by atoms with E-state index >= 15 is 0 Å². The Morgan fingerprint density at radius 1 is 1.38 bits per heavy atom. The van der Waals surface area contributed by atoms with Crippen LogP contribution in [-0.2, 0) is 6.42 Å². The number of amides is 1. The van der Waals surface area contributed by atoms with Crippen LogP contribution >= 0.6 is 12.4 Å². The number of nitrogens with one attached hydrogen (secondary N) is 2. The molecule has 136 valence electrons. The minimum Gasteiger partial charge on any atom is -0.354 e. The molecule has 2 N–H and O–H groups in total. The highest BCUT2D eigenvalue weighted by atomic mass is 35.5. The first-order valence-corrected chi connectivity index (χ1v) is 8.65. The minimum absolute atomic E-state index is 0. The van der Waals surface area contributed by atoms with E-state index in [2.05, 4.69) is 17.2 Å². The summed E-state index contributed by atoms with van der Waals surface area (Å²) in [5.41, 5.74) is 3.05. The summed E-state index contributed by atoms with van der Waals surface area (Å²) in [5.74, 6) is 0.591. The number of nitrogens with zero attached hydrogens (tertiary/aromatic N) is 1. The molecule has 1 unspecified atom stereocenters. The number of H-pyrrole nitrogens is 1. The first kappa shape index (κ1) is 20.7. The summed E-state index contributed by atoms with van der Waals surface area (Å²) in [7, 11) is 1.95. The van der Waals surface area contributed by atoms with Gasteiger partial charge in [-0.15, -0.1) is 12.4 Å². The number of halogens is 1. The second-order valence-electron chi connectivity index (χ2n) is 6.60. The number of Topliss-reactive ketones (excluding diaryl/α,β-unsaturated/α-hetero) is 1. The predicted molar refractivity (Wildman–Crippen MR) is 99.3 cm³/mol. The van der Waals surface area contributed by atoms with Gasteiger partial charge in [0.05, 0.1) is 0 Å². The van der Waals surface area contributed by atoms with Gasteiger partial charge in [0.2, 0.25) is 0 Å².